The lowest BCUT2D eigenvalue weighted by Crippen LogP contribution is -2.12. The first-order valence-electron chi connectivity index (χ1n) is 6.15. The second-order valence-electron chi connectivity index (χ2n) is 4.71. The van der Waals surface area contributed by atoms with Crippen LogP contribution >= 0.6 is 0 Å². The van der Waals surface area contributed by atoms with Gasteiger partial charge in [0.2, 0.25) is 10.0 Å². The lowest BCUT2D eigenvalue weighted by Gasteiger charge is -2.08. The number of hydrogen-bond acceptors (Lipinski definition) is 4. The molecule has 1 heterocycles. The van der Waals surface area contributed by atoms with Gasteiger partial charge in [-0.25, -0.2) is 18.4 Å². The smallest absolute Gasteiger partial charge is 0.354 e. The van der Waals surface area contributed by atoms with Crippen LogP contribution in [0.5, 0.6) is 0 Å². The first-order chi connectivity index (χ1) is 8.75. The third kappa shape index (κ3) is 4.36. The van der Waals surface area contributed by atoms with Crippen molar-refractivity contribution in [3.05, 3.63) is 18.0 Å². The van der Waals surface area contributed by atoms with Gasteiger partial charge < -0.3 is 9.30 Å². The quantitative estimate of drug-likeness (QED) is 0.800. The molecule has 2 N–H and O–H groups in total. The van der Waals surface area contributed by atoms with Gasteiger partial charge in [0.1, 0.15) is 10.6 Å². The summed E-state index contributed by atoms with van der Waals surface area (Å²) in [5.74, 6) is -0.0943. The van der Waals surface area contributed by atoms with Crippen molar-refractivity contribution in [3.8, 4) is 0 Å². The molecule has 0 aromatic carbocycles. The van der Waals surface area contributed by atoms with Gasteiger partial charge >= 0.3 is 5.97 Å². The van der Waals surface area contributed by atoms with Gasteiger partial charge in [-0.15, -0.1) is 0 Å². The minimum Gasteiger partial charge on any atom is -0.461 e. The number of sulfonamides is 1. The molecule has 0 saturated carbocycles. The van der Waals surface area contributed by atoms with Crippen LogP contribution in [-0.4, -0.2) is 25.6 Å². The van der Waals surface area contributed by atoms with Gasteiger partial charge in [-0.05, 0) is 25.3 Å². The summed E-state index contributed by atoms with van der Waals surface area (Å²) in [6.07, 6.45) is 2.11. The summed E-state index contributed by atoms with van der Waals surface area (Å²) in [5.41, 5.74) is 0.204. The first-order valence-corrected chi connectivity index (χ1v) is 7.70. The third-order valence-corrected chi connectivity index (χ3v) is 3.56. The molecule has 0 fully saturated rings. The van der Waals surface area contributed by atoms with Gasteiger partial charge in [0.15, 0.2) is 0 Å². The van der Waals surface area contributed by atoms with Crippen molar-refractivity contribution in [2.45, 2.75) is 38.6 Å². The van der Waals surface area contributed by atoms with Crippen molar-refractivity contribution in [1.29, 1.82) is 0 Å². The van der Waals surface area contributed by atoms with E-state index in [1.807, 2.05) is 13.8 Å². The van der Waals surface area contributed by atoms with E-state index < -0.39 is 16.0 Å². The number of carbonyl (C=O) groups is 1. The van der Waals surface area contributed by atoms with Gasteiger partial charge in [0.05, 0.1) is 6.61 Å². The van der Waals surface area contributed by atoms with Crippen LogP contribution in [0.1, 0.15) is 37.7 Å². The average Bonchev–Trinajstić information content (AvgIpc) is 2.71. The Bertz CT molecular complexity index is 546. The number of nitrogens with two attached hydrogens (primary N) is 1. The molecule has 0 bridgehead atoms. The molecule has 0 saturated heterocycles. The fourth-order valence-corrected chi connectivity index (χ4v) is 2.08. The van der Waals surface area contributed by atoms with Crippen LogP contribution in [0, 0.1) is 5.92 Å². The van der Waals surface area contributed by atoms with E-state index >= 15 is 0 Å². The topological polar surface area (TPSA) is 91.4 Å². The number of aromatic nitrogens is 1. The standard InChI is InChI=1S/C12H20N2O4S/c1-4-14-8-10(19(13,16)17)7-11(14)12(15)18-6-5-9(2)3/h7-9H,4-6H2,1-3H3,(H2,13,16,17). The number of nitrogens with zero attached hydrogens (tertiary/aromatic N) is 1. The number of hydrogen-bond donors (Lipinski definition) is 1. The normalized spacial score (nSPS) is 11.8. The van der Waals surface area contributed by atoms with Gasteiger partial charge in [-0.1, -0.05) is 13.8 Å². The van der Waals surface area contributed by atoms with E-state index in [1.165, 1.54) is 16.8 Å². The zero-order chi connectivity index (χ0) is 14.6. The summed E-state index contributed by atoms with van der Waals surface area (Å²) in [7, 11) is -3.81. The molecule has 0 spiro atoms. The van der Waals surface area contributed by atoms with Crippen molar-refractivity contribution in [2.75, 3.05) is 6.61 Å². The molecule has 0 aliphatic heterocycles. The highest BCUT2D eigenvalue weighted by atomic mass is 32.2. The second-order valence-corrected chi connectivity index (χ2v) is 6.27. The molecule has 1 rings (SSSR count). The molecule has 19 heavy (non-hydrogen) atoms. The van der Waals surface area contributed by atoms with E-state index in [0.29, 0.717) is 19.1 Å². The molecule has 108 valence electrons. The summed E-state index contributed by atoms with van der Waals surface area (Å²) < 4.78 is 29.1. The van der Waals surface area contributed by atoms with Crippen LogP contribution in [0.15, 0.2) is 17.2 Å². The summed E-state index contributed by atoms with van der Waals surface area (Å²) in [4.78, 5) is 11.8. The Balaban J connectivity index is 2.87. The largest absolute Gasteiger partial charge is 0.461 e. The molecular formula is C12H20N2O4S. The summed E-state index contributed by atoms with van der Waals surface area (Å²) >= 11 is 0. The maximum absolute atomic E-state index is 11.9. The SMILES string of the molecule is CCn1cc(S(N)(=O)=O)cc1C(=O)OCCC(C)C. The second kappa shape index (κ2) is 6.21. The summed E-state index contributed by atoms with van der Waals surface area (Å²) in [6, 6.07) is 1.25. The molecule has 1 aromatic rings. The molecule has 0 radical (unpaired) electrons. The first kappa shape index (κ1) is 15.7. The zero-order valence-corrected chi connectivity index (χ0v) is 12.2. The predicted octanol–water partition coefficient (Wildman–Crippen LogP) is 1.36. The maximum atomic E-state index is 11.9. The van der Waals surface area contributed by atoms with Crippen LogP contribution in [0.3, 0.4) is 0 Å². The summed E-state index contributed by atoms with van der Waals surface area (Å²) in [6.45, 7) is 6.64. The van der Waals surface area contributed by atoms with Crippen LogP contribution < -0.4 is 5.14 Å². The molecule has 0 unspecified atom stereocenters. The highest BCUT2D eigenvalue weighted by Crippen LogP contribution is 2.14. The van der Waals surface area contributed by atoms with Crippen LogP contribution in [0.25, 0.3) is 0 Å². The van der Waals surface area contributed by atoms with E-state index in [9.17, 15) is 13.2 Å². The lowest BCUT2D eigenvalue weighted by atomic mass is 10.1. The van der Waals surface area contributed by atoms with Crippen molar-refractivity contribution in [1.82, 2.24) is 4.57 Å². The van der Waals surface area contributed by atoms with Gasteiger partial charge in [0, 0.05) is 12.7 Å². The van der Waals surface area contributed by atoms with Gasteiger partial charge in [-0.2, -0.15) is 0 Å². The maximum Gasteiger partial charge on any atom is 0.354 e. The highest BCUT2D eigenvalue weighted by Gasteiger charge is 2.19. The fourth-order valence-electron chi connectivity index (χ4n) is 1.53. The number of aryl methyl sites for hydroxylation is 1. The summed E-state index contributed by atoms with van der Waals surface area (Å²) in [5, 5.41) is 5.04. The number of rotatable bonds is 6. The molecule has 0 aliphatic carbocycles. The third-order valence-electron chi connectivity index (χ3n) is 2.68. The Morgan fingerprint density at radius 3 is 2.58 bits per heavy atom. The Morgan fingerprint density at radius 2 is 2.11 bits per heavy atom. The average molecular weight is 288 g/mol. The van der Waals surface area contributed by atoms with E-state index in [4.69, 9.17) is 9.88 Å². The minimum absolute atomic E-state index is 0.0786. The number of carbonyl (C=O) groups excluding carboxylic acids is 1. The monoisotopic (exact) mass is 288 g/mol. The van der Waals surface area contributed by atoms with Gasteiger partial charge in [-0.3, -0.25) is 0 Å². The molecule has 0 amide bonds. The molecule has 1 aromatic heterocycles. The molecule has 0 atom stereocenters. The zero-order valence-electron chi connectivity index (χ0n) is 11.4. The Labute approximate surface area is 113 Å². The van der Waals surface area contributed by atoms with E-state index in [1.54, 1.807) is 6.92 Å². The Hall–Kier alpha value is -1.34. The van der Waals surface area contributed by atoms with Crippen molar-refractivity contribution < 1.29 is 17.9 Å². The molecule has 0 aliphatic rings. The van der Waals surface area contributed by atoms with E-state index in [0.717, 1.165) is 6.42 Å². The van der Waals surface area contributed by atoms with Crippen molar-refractivity contribution in [3.63, 3.8) is 0 Å². The Morgan fingerprint density at radius 1 is 1.47 bits per heavy atom. The van der Waals surface area contributed by atoms with E-state index in [2.05, 4.69) is 0 Å². The van der Waals surface area contributed by atoms with Crippen LogP contribution in [0.2, 0.25) is 0 Å². The van der Waals surface area contributed by atoms with Crippen molar-refractivity contribution in [2.24, 2.45) is 11.1 Å². The minimum atomic E-state index is -3.81. The molecular weight excluding hydrogens is 268 g/mol. The highest BCUT2D eigenvalue weighted by molar-refractivity contribution is 7.89. The molecule has 6 nitrogen and oxygen atoms in total. The van der Waals surface area contributed by atoms with Crippen LogP contribution in [0.4, 0.5) is 0 Å². The lowest BCUT2D eigenvalue weighted by molar-refractivity contribution is 0.0475. The number of esters is 1. The fraction of sp³-hybridized carbons (Fsp3) is 0.583. The van der Waals surface area contributed by atoms with Crippen molar-refractivity contribution >= 4 is 16.0 Å². The van der Waals surface area contributed by atoms with Gasteiger partial charge in [0.25, 0.3) is 0 Å². The number of ether oxygens (including phenoxy) is 1. The number of primary sulfonamides is 1. The van der Waals surface area contributed by atoms with E-state index in [-0.39, 0.29) is 10.6 Å². The Kier molecular flexibility index (Phi) is 5.13. The predicted molar refractivity (Wildman–Crippen MR) is 71.2 cm³/mol. The van der Waals surface area contributed by atoms with Crippen LogP contribution in [-0.2, 0) is 21.3 Å². The molecule has 7 heteroatoms.